The van der Waals surface area contributed by atoms with Crippen LogP contribution in [-0.2, 0) is 6.42 Å². The van der Waals surface area contributed by atoms with Crippen molar-refractivity contribution in [1.82, 2.24) is 4.90 Å². The number of aliphatic hydroxyl groups excluding tert-OH is 1. The summed E-state index contributed by atoms with van der Waals surface area (Å²) in [4.78, 5) is 2.53. The molecule has 1 N–H and O–H groups in total. The number of piperidine rings is 1. The summed E-state index contributed by atoms with van der Waals surface area (Å²) in [7, 11) is 0. The molecule has 0 spiro atoms. The lowest BCUT2D eigenvalue weighted by Gasteiger charge is -2.34. The molecule has 27 heavy (non-hydrogen) atoms. The molecule has 0 saturated carbocycles. The van der Waals surface area contributed by atoms with Gasteiger partial charge in [0.1, 0.15) is 5.82 Å². The van der Waals surface area contributed by atoms with E-state index in [-0.39, 0.29) is 11.9 Å². The maximum absolute atomic E-state index is 14.1. The molecule has 1 heterocycles. The lowest BCUT2D eigenvalue weighted by atomic mass is 9.88. The third-order valence-corrected chi connectivity index (χ3v) is 6.61. The SMILES string of the molecule is Cc1cccc2c1CCC(CN1CCC(c3ccccc3F)CC1)CC2O. The van der Waals surface area contributed by atoms with Gasteiger partial charge in [0.25, 0.3) is 0 Å². The topological polar surface area (TPSA) is 23.5 Å². The van der Waals surface area contributed by atoms with Crippen molar-refractivity contribution < 1.29 is 9.50 Å². The molecule has 2 unspecified atom stereocenters. The minimum atomic E-state index is -0.344. The molecule has 2 atom stereocenters. The lowest BCUT2D eigenvalue weighted by Crippen LogP contribution is -2.37. The zero-order valence-corrected chi connectivity index (χ0v) is 16.2. The molecule has 2 aliphatic rings. The quantitative estimate of drug-likeness (QED) is 0.772. The molecular formula is C24H30FNO. The van der Waals surface area contributed by atoms with Gasteiger partial charge in [-0.05, 0) is 92.3 Å². The van der Waals surface area contributed by atoms with E-state index in [2.05, 4.69) is 30.0 Å². The Morgan fingerprint density at radius 1 is 1.00 bits per heavy atom. The van der Waals surface area contributed by atoms with E-state index in [1.165, 1.54) is 11.1 Å². The Morgan fingerprint density at radius 3 is 2.52 bits per heavy atom. The second-order valence-corrected chi connectivity index (χ2v) is 8.40. The van der Waals surface area contributed by atoms with Crippen molar-refractivity contribution in [3.8, 4) is 0 Å². The van der Waals surface area contributed by atoms with E-state index in [0.717, 1.165) is 62.9 Å². The Kier molecular flexibility index (Phi) is 5.60. The predicted molar refractivity (Wildman–Crippen MR) is 107 cm³/mol. The van der Waals surface area contributed by atoms with E-state index in [4.69, 9.17) is 0 Å². The van der Waals surface area contributed by atoms with Crippen molar-refractivity contribution >= 4 is 0 Å². The van der Waals surface area contributed by atoms with Gasteiger partial charge in [-0.25, -0.2) is 4.39 Å². The van der Waals surface area contributed by atoms with Gasteiger partial charge in [0.15, 0.2) is 0 Å². The van der Waals surface area contributed by atoms with Gasteiger partial charge in [-0.3, -0.25) is 0 Å². The number of benzene rings is 2. The summed E-state index contributed by atoms with van der Waals surface area (Å²) in [6.07, 6.45) is 4.76. The van der Waals surface area contributed by atoms with Crippen LogP contribution in [0.5, 0.6) is 0 Å². The van der Waals surface area contributed by atoms with Gasteiger partial charge in [-0.15, -0.1) is 0 Å². The van der Waals surface area contributed by atoms with Crippen LogP contribution in [0.2, 0.25) is 0 Å². The molecule has 2 aromatic rings. The van der Waals surface area contributed by atoms with Crippen molar-refractivity contribution in [3.05, 3.63) is 70.5 Å². The molecule has 1 saturated heterocycles. The van der Waals surface area contributed by atoms with Crippen LogP contribution < -0.4 is 0 Å². The van der Waals surface area contributed by atoms with Crippen molar-refractivity contribution in [2.75, 3.05) is 19.6 Å². The van der Waals surface area contributed by atoms with E-state index in [1.807, 2.05) is 12.1 Å². The van der Waals surface area contributed by atoms with Gasteiger partial charge in [-0.1, -0.05) is 36.4 Å². The van der Waals surface area contributed by atoms with Crippen molar-refractivity contribution in [2.24, 2.45) is 5.92 Å². The van der Waals surface area contributed by atoms with Crippen LogP contribution in [0.4, 0.5) is 4.39 Å². The predicted octanol–water partition coefficient (Wildman–Crippen LogP) is 5.00. The second kappa shape index (κ2) is 8.12. The van der Waals surface area contributed by atoms with Crippen LogP contribution in [0.3, 0.4) is 0 Å². The van der Waals surface area contributed by atoms with Crippen molar-refractivity contribution in [2.45, 2.75) is 51.0 Å². The molecule has 4 rings (SSSR count). The molecule has 0 radical (unpaired) electrons. The fraction of sp³-hybridized carbons (Fsp3) is 0.500. The highest BCUT2D eigenvalue weighted by atomic mass is 19.1. The van der Waals surface area contributed by atoms with Crippen LogP contribution in [0, 0.1) is 18.7 Å². The van der Waals surface area contributed by atoms with E-state index in [1.54, 1.807) is 12.1 Å². The number of hydrogen-bond donors (Lipinski definition) is 1. The van der Waals surface area contributed by atoms with E-state index in [9.17, 15) is 9.50 Å². The molecule has 3 heteroatoms. The van der Waals surface area contributed by atoms with Crippen LogP contribution in [0.1, 0.15) is 60.0 Å². The number of nitrogens with zero attached hydrogens (tertiary/aromatic N) is 1. The van der Waals surface area contributed by atoms with Gasteiger partial charge in [0, 0.05) is 6.54 Å². The summed E-state index contributed by atoms with van der Waals surface area (Å²) in [6, 6.07) is 13.5. The smallest absolute Gasteiger partial charge is 0.126 e. The Balaban J connectivity index is 1.35. The highest BCUT2D eigenvalue weighted by Crippen LogP contribution is 2.35. The molecule has 0 amide bonds. The van der Waals surface area contributed by atoms with E-state index >= 15 is 0 Å². The number of fused-ring (bicyclic) bond motifs is 1. The molecule has 0 bridgehead atoms. The summed E-state index contributed by atoms with van der Waals surface area (Å²) in [5.74, 6) is 0.807. The van der Waals surface area contributed by atoms with Gasteiger partial charge in [0.2, 0.25) is 0 Å². The first-order valence-corrected chi connectivity index (χ1v) is 10.3. The average Bonchev–Trinajstić information content (AvgIpc) is 2.83. The van der Waals surface area contributed by atoms with Crippen LogP contribution in [0.15, 0.2) is 42.5 Å². The normalized spacial score (nSPS) is 24.4. The Hall–Kier alpha value is -1.71. The monoisotopic (exact) mass is 367 g/mol. The average molecular weight is 368 g/mol. The Labute approximate surface area is 162 Å². The first-order valence-electron chi connectivity index (χ1n) is 10.3. The van der Waals surface area contributed by atoms with Crippen LogP contribution >= 0.6 is 0 Å². The van der Waals surface area contributed by atoms with Gasteiger partial charge in [0.05, 0.1) is 6.10 Å². The summed E-state index contributed by atoms with van der Waals surface area (Å²) in [5, 5.41) is 10.7. The zero-order chi connectivity index (χ0) is 18.8. The summed E-state index contributed by atoms with van der Waals surface area (Å²) >= 11 is 0. The third kappa shape index (κ3) is 4.09. The van der Waals surface area contributed by atoms with Gasteiger partial charge >= 0.3 is 0 Å². The Morgan fingerprint density at radius 2 is 1.74 bits per heavy atom. The molecular weight excluding hydrogens is 337 g/mol. The van der Waals surface area contributed by atoms with E-state index in [0.29, 0.717) is 11.8 Å². The highest BCUT2D eigenvalue weighted by molar-refractivity contribution is 5.37. The van der Waals surface area contributed by atoms with Gasteiger partial charge < -0.3 is 10.0 Å². The standard InChI is InChI=1S/C24H30FNO/c1-17-5-4-7-22-20(17)10-9-18(15-24(22)27)16-26-13-11-19(12-14-26)21-6-2-3-8-23(21)25/h2-8,18-19,24,27H,9-16H2,1H3. The van der Waals surface area contributed by atoms with Crippen LogP contribution in [-0.4, -0.2) is 29.6 Å². The van der Waals surface area contributed by atoms with Crippen LogP contribution in [0.25, 0.3) is 0 Å². The van der Waals surface area contributed by atoms with E-state index < -0.39 is 0 Å². The minimum Gasteiger partial charge on any atom is -0.388 e. The molecule has 0 aromatic heterocycles. The summed E-state index contributed by atoms with van der Waals surface area (Å²) in [6.45, 7) is 5.25. The number of likely N-dealkylation sites (tertiary alicyclic amines) is 1. The van der Waals surface area contributed by atoms with Gasteiger partial charge in [-0.2, -0.15) is 0 Å². The number of rotatable bonds is 3. The maximum atomic E-state index is 14.1. The number of aliphatic hydroxyl groups is 1. The first-order chi connectivity index (χ1) is 13.1. The number of aryl methyl sites for hydroxylation is 1. The molecule has 2 nitrogen and oxygen atoms in total. The molecule has 1 aliphatic carbocycles. The third-order valence-electron chi connectivity index (χ3n) is 6.61. The highest BCUT2D eigenvalue weighted by Gasteiger charge is 2.28. The maximum Gasteiger partial charge on any atom is 0.126 e. The molecule has 1 aliphatic heterocycles. The summed E-state index contributed by atoms with van der Waals surface area (Å²) < 4.78 is 14.1. The molecule has 144 valence electrons. The number of hydrogen-bond acceptors (Lipinski definition) is 2. The lowest BCUT2D eigenvalue weighted by molar-refractivity contribution is 0.117. The summed E-state index contributed by atoms with van der Waals surface area (Å²) in [5.41, 5.74) is 4.67. The zero-order valence-electron chi connectivity index (χ0n) is 16.2. The fourth-order valence-corrected chi connectivity index (χ4v) is 5.05. The first kappa shape index (κ1) is 18.6. The van der Waals surface area contributed by atoms with Crippen molar-refractivity contribution in [3.63, 3.8) is 0 Å². The molecule has 2 aromatic carbocycles. The number of halogens is 1. The van der Waals surface area contributed by atoms with Crippen molar-refractivity contribution in [1.29, 1.82) is 0 Å². The second-order valence-electron chi connectivity index (χ2n) is 8.40. The Bertz CT molecular complexity index is 782. The largest absolute Gasteiger partial charge is 0.388 e. The fourth-order valence-electron chi connectivity index (χ4n) is 5.05. The molecule has 1 fully saturated rings. The minimum absolute atomic E-state index is 0.0593.